The molecule has 0 saturated heterocycles. The summed E-state index contributed by atoms with van der Waals surface area (Å²) in [6.45, 7) is 2.85. The van der Waals surface area contributed by atoms with Gasteiger partial charge in [0.25, 0.3) is 0 Å². The topological polar surface area (TPSA) is 96.6 Å². The lowest BCUT2D eigenvalue weighted by molar-refractivity contribution is 0.248. The van der Waals surface area contributed by atoms with Crippen molar-refractivity contribution in [3.63, 3.8) is 0 Å². The van der Waals surface area contributed by atoms with Gasteiger partial charge in [0.05, 0.1) is 12.3 Å². The summed E-state index contributed by atoms with van der Waals surface area (Å²) in [5, 5.41) is 3.59. The van der Waals surface area contributed by atoms with Crippen LogP contribution in [0.5, 0.6) is 5.75 Å². The number of aromatic nitrogens is 2. The van der Waals surface area contributed by atoms with E-state index in [-0.39, 0.29) is 12.1 Å². The molecule has 8 nitrogen and oxygen atoms in total. The molecule has 1 heterocycles. The van der Waals surface area contributed by atoms with Crippen molar-refractivity contribution >= 4 is 23.5 Å². The molecule has 2 aliphatic rings. The number of nitrogens with two attached hydrogens (primary N) is 1. The molecule has 0 spiro atoms. The molecule has 0 atom stereocenters. The van der Waals surface area contributed by atoms with Crippen LogP contribution in [0.25, 0.3) is 0 Å². The number of carbonyl (C=O) groups excluding carboxylic acids is 1. The summed E-state index contributed by atoms with van der Waals surface area (Å²) >= 11 is 0. The van der Waals surface area contributed by atoms with Gasteiger partial charge in [-0.25, -0.2) is 9.78 Å². The van der Waals surface area contributed by atoms with E-state index in [1.54, 1.807) is 4.90 Å². The normalized spacial score (nSPS) is 19.5. The molecule has 35 heavy (non-hydrogen) atoms. The third-order valence-electron chi connectivity index (χ3n) is 7.10. The number of aryl methyl sites for hydroxylation is 1. The number of nitrogens with zero attached hydrogens (tertiary/aromatic N) is 4. The molecule has 0 aliphatic heterocycles. The fourth-order valence-electron chi connectivity index (χ4n) is 5.22. The lowest BCUT2D eigenvalue weighted by Gasteiger charge is -2.36. The molecule has 2 aliphatic carbocycles. The first-order valence-corrected chi connectivity index (χ1v) is 13.1. The second-order valence-corrected chi connectivity index (χ2v) is 9.95. The van der Waals surface area contributed by atoms with Gasteiger partial charge in [-0.1, -0.05) is 13.3 Å². The van der Waals surface area contributed by atoms with E-state index in [9.17, 15) is 4.79 Å². The molecule has 4 rings (SSSR count). The highest BCUT2D eigenvalue weighted by Gasteiger charge is 2.30. The number of carbonyl (C=O) groups is 1. The van der Waals surface area contributed by atoms with Gasteiger partial charge in [-0.05, 0) is 82.1 Å². The first kappa shape index (κ1) is 25.1. The number of hydrogen-bond acceptors (Lipinski definition) is 6. The summed E-state index contributed by atoms with van der Waals surface area (Å²) in [7, 11) is 4.10. The number of anilines is 3. The average molecular weight is 481 g/mol. The number of benzene rings is 1. The maximum Gasteiger partial charge on any atom is 0.319 e. The predicted molar refractivity (Wildman–Crippen MR) is 142 cm³/mol. The van der Waals surface area contributed by atoms with Crippen LogP contribution >= 0.6 is 0 Å². The molecule has 1 aromatic heterocycles. The summed E-state index contributed by atoms with van der Waals surface area (Å²) in [6.07, 6.45) is 10.2. The number of rotatable bonds is 9. The minimum absolute atomic E-state index is 0.0826. The van der Waals surface area contributed by atoms with E-state index >= 15 is 0 Å². The van der Waals surface area contributed by atoms with Gasteiger partial charge in [-0.3, -0.25) is 4.90 Å². The number of primary amides is 1. The van der Waals surface area contributed by atoms with Crippen molar-refractivity contribution in [3.05, 3.63) is 35.5 Å². The van der Waals surface area contributed by atoms with Gasteiger partial charge in [-0.15, -0.1) is 0 Å². The van der Waals surface area contributed by atoms with Crippen molar-refractivity contribution in [2.24, 2.45) is 5.73 Å². The molecular weight excluding hydrogens is 440 g/mol. The number of nitrogens with one attached hydrogen (secondary N) is 1. The van der Waals surface area contributed by atoms with Crippen molar-refractivity contribution in [1.82, 2.24) is 9.97 Å². The quantitative estimate of drug-likeness (QED) is 0.495. The summed E-state index contributed by atoms with van der Waals surface area (Å²) in [6, 6.07) is 7.66. The highest BCUT2D eigenvalue weighted by molar-refractivity contribution is 5.91. The molecule has 190 valence electrons. The van der Waals surface area contributed by atoms with Crippen LogP contribution in [0.3, 0.4) is 0 Å². The van der Waals surface area contributed by atoms with Gasteiger partial charge >= 0.3 is 6.03 Å². The Labute approximate surface area is 209 Å². The third-order valence-corrected chi connectivity index (χ3v) is 7.10. The van der Waals surface area contributed by atoms with Crippen molar-refractivity contribution in [1.29, 1.82) is 0 Å². The van der Waals surface area contributed by atoms with Crippen molar-refractivity contribution in [2.45, 2.75) is 83.2 Å². The van der Waals surface area contributed by atoms with Gasteiger partial charge in [0, 0.05) is 37.4 Å². The van der Waals surface area contributed by atoms with E-state index < -0.39 is 6.03 Å². The van der Waals surface area contributed by atoms with Gasteiger partial charge in [0.1, 0.15) is 11.6 Å². The van der Waals surface area contributed by atoms with Gasteiger partial charge < -0.3 is 20.7 Å². The minimum Gasteiger partial charge on any atom is -0.494 e. The molecule has 0 unspecified atom stereocenters. The van der Waals surface area contributed by atoms with Crippen molar-refractivity contribution in [3.8, 4) is 5.75 Å². The van der Waals surface area contributed by atoms with Gasteiger partial charge in [0.2, 0.25) is 5.95 Å². The Kier molecular flexibility index (Phi) is 8.31. The summed E-state index contributed by atoms with van der Waals surface area (Å²) in [5.41, 5.74) is 9.13. The van der Waals surface area contributed by atoms with Crippen LogP contribution < -0.4 is 25.6 Å². The van der Waals surface area contributed by atoms with Crippen molar-refractivity contribution < 1.29 is 9.53 Å². The van der Waals surface area contributed by atoms with E-state index in [0.29, 0.717) is 6.61 Å². The summed E-state index contributed by atoms with van der Waals surface area (Å²) in [5.74, 6) is 2.58. The maximum absolute atomic E-state index is 12.4. The van der Waals surface area contributed by atoms with E-state index in [0.717, 1.165) is 74.6 Å². The Hall–Kier alpha value is -3.03. The van der Waals surface area contributed by atoms with Crippen LogP contribution in [0.4, 0.5) is 22.2 Å². The lowest BCUT2D eigenvalue weighted by Crippen LogP contribution is -2.46. The number of amides is 2. The predicted octanol–water partition coefficient (Wildman–Crippen LogP) is 4.91. The molecule has 1 saturated carbocycles. The Balaban J connectivity index is 1.38. The number of hydrogen-bond donors (Lipinski definition) is 2. The first-order valence-electron chi connectivity index (χ1n) is 13.1. The van der Waals surface area contributed by atoms with E-state index in [2.05, 4.69) is 31.2 Å². The van der Waals surface area contributed by atoms with Crippen LogP contribution in [-0.4, -0.2) is 48.8 Å². The molecule has 0 bridgehead atoms. The molecule has 1 aromatic carbocycles. The fourth-order valence-corrected chi connectivity index (χ4v) is 5.22. The Morgan fingerprint density at radius 2 is 1.80 bits per heavy atom. The highest BCUT2D eigenvalue weighted by atomic mass is 16.5. The Bertz CT molecular complexity index is 986. The van der Waals surface area contributed by atoms with Crippen LogP contribution in [0.1, 0.15) is 69.5 Å². The standard InChI is InChI=1S/C27H40N6O2/c1-4-5-18-35-22-16-14-21(15-17-22)33(26(28)34)20-12-10-19(11-13-20)29-27-30-24-9-7-6-8-23(24)25(31-27)32(2)3/h14-17,19-20H,4-13,18H2,1-3H3,(H2,28,34)(H,29,30,31). The van der Waals surface area contributed by atoms with Crippen LogP contribution in [-0.2, 0) is 12.8 Å². The van der Waals surface area contributed by atoms with Crippen LogP contribution in [0.2, 0.25) is 0 Å². The van der Waals surface area contributed by atoms with E-state index in [4.69, 9.17) is 20.4 Å². The zero-order valence-corrected chi connectivity index (χ0v) is 21.4. The van der Waals surface area contributed by atoms with Crippen LogP contribution in [0, 0.1) is 0 Å². The van der Waals surface area contributed by atoms with E-state index in [1.165, 1.54) is 24.1 Å². The molecular formula is C27H40N6O2. The molecule has 1 fully saturated rings. The summed E-state index contributed by atoms with van der Waals surface area (Å²) < 4.78 is 5.76. The number of fused-ring (bicyclic) bond motifs is 1. The number of ether oxygens (including phenoxy) is 1. The first-order chi connectivity index (χ1) is 17.0. The largest absolute Gasteiger partial charge is 0.494 e. The average Bonchev–Trinajstić information content (AvgIpc) is 2.85. The third kappa shape index (κ3) is 6.16. The second kappa shape index (κ2) is 11.6. The van der Waals surface area contributed by atoms with Crippen molar-refractivity contribution in [2.75, 3.05) is 35.8 Å². The number of urea groups is 1. The maximum atomic E-state index is 12.4. The number of unbranched alkanes of at least 4 members (excludes halogenated alkanes) is 1. The van der Waals surface area contributed by atoms with Gasteiger partial charge in [0.15, 0.2) is 0 Å². The Morgan fingerprint density at radius 3 is 2.46 bits per heavy atom. The minimum atomic E-state index is -0.408. The molecule has 3 N–H and O–H groups in total. The second-order valence-electron chi connectivity index (χ2n) is 9.95. The fraction of sp³-hybridized carbons (Fsp3) is 0.593. The van der Waals surface area contributed by atoms with E-state index in [1.807, 2.05) is 24.3 Å². The smallest absolute Gasteiger partial charge is 0.319 e. The zero-order chi connectivity index (χ0) is 24.8. The molecule has 8 heteroatoms. The molecule has 0 radical (unpaired) electrons. The lowest BCUT2D eigenvalue weighted by atomic mass is 9.90. The van der Waals surface area contributed by atoms with Gasteiger partial charge in [-0.2, -0.15) is 4.98 Å². The zero-order valence-electron chi connectivity index (χ0n) is 21.4. The molecule has 2 amide bonds. The SMILES string of the molecule is CCCCOc1ccc(N(C(N)=O)C2CCC(Nc3nc4c(c(N(C)C)n3)CCCC4)CC2)cc1. The highest BCUT2D eigenvalue weighted by Crippen LogP contribution is 2.32. The summed E-state index contributed by atoms with van der Waals surface area (Å²) in [4.78, 5) is 25.9. The monoisotopic (exact) mass is 480 g/mol. The Morgan fingerprint density at radius 1 is 1.09 bits per heavy atom. The van der Waals surface area contributed by atoms with Crippen LogP contribution in [0.15, 0.2) is 24.3 Å². The molecule has 2 aromatic rings.